The molecule has 0 aliphatic heterocycles. The number of Topliss-reactive ketones (excluding diaryl/α,β-unsaturated/α-hetero) is 1. The highest BCUT2D eigenvalue weighted by Crippen LogP contribution is 2.31. The molecule has 0 bridgehead atoms. The fourth-order valence-electron chi connectivity index (χ4n) is 2.22. The normalized spacial score (nSPS) is 14.8. The molecule has 0 amide bonds. The number of rotatable bonds is 2. The highest BCUT2D eigenvalue weighted by atomic mass is 19.3. The Bertz CT molecular complexity index is 849. The van der Waals surface area contributed by atoms with E-state index in [1.165, 1.54) is 25.3 Å². The summed E-state index contributed by atoms with van der Waals surface area (Å²) in [7, 11) is 1.49. The second-order valence-electron chi connectivity index (χ2n) is 6.79. The molecular formula is C27H36F3NO. The van der Waals surface area contributed by atoms with Gasteiger partial charge in [-0.05, 0) is 57.7 Å². The van der Waals surface area contributed by atoms with Gasteiger partial charge in [0.15, 0.2) is 0 Å². The number of halogens is 3. The first-order valence-corrected chi connectivity index (χ1v) is 10.4. The predicted molar refractivity (Wildman–Crippen MR) is 132 cm³/mol. The largest absolute Gasteiger partial charge is 0.284 e. The summed E-state index contributed by atoms with van der Waals surface area (Å²) in [4.78, 5) is 14.6. The molecule has 0 N–H and O–H groups in total. The van der Waals surface area contributed by atoms with Gasteiger partial charge in [-0.25, -0.2) is 13.2 Å². The van der Waals surface area contributed by atoms with Crippen LogP contribution in [0.15, 0.2) is 52.6 Å². The molecule has 32 heavy (non-hydrogen) atoms. The van der Waals surface area contributed by atoms with E-state index in [4.69, 9.17) is 12.8 Å². The SMILES string of the molecule is C#CC(=O)C(/C=C(/C)C#C)=NC.CC.CC1=CCCC(F)(F)CC1.Cc1ccc(F)cc1.[HH]. The minimum absolute atomic E-state index is 0. The molecule has 0 spiro atoms. The second-order valence-corrected chi connectivity index (χ2v) is 6.79. The first-order chi connectivity index (χ1) is 15.0. The van der Waals surface area contributed by atoms with E-state index in [1.54, 1.807) is 19.1 Å². The van der Waals surface area contributed by atoms with Crippen LogP contribution in [0.25, 0.3) is 0 Å². The van der Waals surface area contributed by atoms with Gasteiger partial charge >= 0.3 is 0 Å². The van der Waals surface area contributed by atoms with Crippen LogP contribution in [0.5, 0.6) is 0 Å². The number of terminal acetylenes is 2. The molecular weight excluding hydrogens is 411 g/mol. The van der Waals surface area contributed by atoms with Gasteiger partial charge in [-0.2, -0.15) is 0 Å². The van der Waals surface area contributed by atoms with Crippen molar-refractivity contribution in [3.8, 4) is 24.7 Å². The summed E-state index contributed by atoms with van der Waals surface area (Å²) < 4.78 is 37.3. The lowest BCUT2D eigenvalue weighted by Crippen LogP contribution is -2.13. The number of benzene rings is 1. The molecule has 0 aromatic heterocycles. The summed E-state index contributed by atoms with van der Waals surface area (Å²) in [6.45, 7) is 9.55. The molecule has 0 atom stereocenters. The Labute approximate surface area is 193 Å². The van der Waals surface area contributed by atoms with Crippen LogP contribution in [-0.4, -0.2) is 24.5 Å². The third-order valence-corrected chi connectivity index (χ3v) is 4.08. The molecule has 176 valence electrons. The molecule has 2 rings (SSSR count). The Hall–Kier alpha value is -3.05. The summed E-state index contributed by atoms with van der Waals surface area (Å²) >= 11 is 0. The van der Waals surface area contributed by atoms with Crippen molar-refractivity contribution in [3.63, 3.8) is 0 Å². The standard InChI is InChI=1S/C10H9NO.C8H12F2.C7H7F.C2H6.H2/c1-5-8(3)7-9(11-4)10(12)6-2;1-7-3-2-5-8(9,10)6-4-7;1-6-2-4-7(8)5-3-6;1-2;/h1-2,7H,3-4H3;3H,2,4-6H2,1H3;2-5H,1H3;1-2H3;1H/b8-7-,11-9?;;;;. The number of hydrogen-bond acceptors (Lipinski definition) is 2. The number of aryl methyl sites for hydroxylation is 1. The Balaban J connectivity index is -0.000000393. The third-order valence-electron chi connectivity index (χ3n) is 4.08. The monoisotopic (exact) mass is 447 g/mol. The molecule has 1 aromatic rings. The van der Waals surface area contributed by atoms with Gasteiger partial charge in [-0.1, -0.05) is 49.1 Å². The molecule has 0 heterocycles. The minimum Gasteiger partial charge on any atom is -0.284 e. The molecule has 5 heteroatoms. The zero-order chi connectivity index (χ0) is 25.2. The average Bonchev–Trinajstić information content (AvgIpc) is 2.95. The first kappa shape index (κ1) is 31.1. The van der Waals surface area contributed by atoms with Crippen LogP contribution >= 0.6 is 0 Å². The van der Waals surface area contributed by atoms with Crippen molar-refractivity contribution < 1.29 is 19.4 Å². The van der Waals surface area contributed by atoms with E-state index in [2.05, 4.69) is 10.9 Å². The third kappa shape index (κ3) is 15.7. The van der Waals surface area contributed by atoms with Crippen molar-refractivity contribution in [1.82, 2.24) is 0 Å². The summed E-state index contributed by atoms with van der Waals surface area (Å²) in [6, 6.07) is 6.40. The van der Waals surface area contributed by atoms with Gasteiger partial charge in [-0.3, -0.25) is 9.79 Å². The molecule has 1 aliphatic rings. The predicted octanol–water partition coefficient (Wildman–Crippen LogP) is 7.39. The lowest BCUT2D eigenvalue weighted by molar-refractivity contribution is -0.108. The molecule has 0 saturated carbocycles. The van der Waals surface area contributed by atoms with E-state index in [1.807, 2.05) is 39.7 Å². The van der Waals surface area contributed by atoms with Crippen LogP contribution in [0.2, 0.25) is 0 Å². The number of allylic oxidation sites excluding steroid dienone is 4. The number of hydrogen-bond donors (Lipinski definition) is 0. The maximum absolute atomic E-state index is 12.6. The fourth-order valence-corrected chi connectivity index (χ4v) is 2.22. The Morgan fingerprint density at radius 1 is 1.12 bits per heavy atom. The number of alkyl halides is 2. The number of ketones is 1. The smallest absolute Gasteiger partial charge is 0.253 e. The Morgan fingerprint density at radius 3 is 2.12 bits per heavy atom. The maximum atomic E-state index is 12.6. The molecule has 0 radical (unpaired) electrons. The van der Waals surface area contributed by atoms with Gasteiger partial charge in [0.1, 0.15) is 11.5 Å². The highest BCUT2D eigenvalue weighted by Gasteiger charge is 2.28. The van der Waals surface area contributed by atoms with Crippen LogP contribution in [-0.2, 0) is 4.79 Å². The van der Waals surface area contributed by atoms with Gasteiger partial charge in [0, 0.05) is 26.9 Å². The number of carbonyl (C=O) groups is 1. The van der Waals surface area contributed by atoms with E-state index in [-0.39, 0.29) is 25.8 Å². The van der Waals surface area contributed by atoms with Gasteiger partial charge in [0.05, 0.1) is 0 Å². The van der Waals surface area contributed by atoms with Crippen LogP contribution < -0.4 is 0 Å². The van der Waals surface area contributed by atoms with Gasteiger partial charge in [0.2, 0.25) is 5.92 Å². The lowest BCUT2D eigenvalue weighted by atomic mass is 10.1. The fraction of sp³-hybridized carbons (Fsp3) is 0.407. The molecule has 0 unspecified atom stereocenters. The van der Waals surface area contributed by atoms with Crippen molar-refractivity contribution >= 4 is 11.5 Å². The van der Waals surface area contributed by atoms with E-state index < -0.39 is 11.7 Å². The van der Waals surface area contributed by atoms with Crippen LogP contribution in [0, 0.1) is 37.4 Å². The van der Waals surface area contributed by atoms with Crippen LogP contribution in [0.4, 0.5) is 13.2 Å². The van der Waals surface area contributed by atoms with Crippen molar-refractivity contribution in [3.05, 3.63) is 58.9 Å². The zero-order valence-corrected chi connectivity index (χ0v) is 19.9. The van der Waals surface area contributed by atoms with Crippen LogP contribution in [0.1, 0.15) is 60.4 Å². The Morgan fingerprint density at radius 2 is 1.69 bits per heavy atom. The summed E-state index contributed by atoms with van der Waals surface area (Å²) in [6.07, 6.45) is 14.6. The average molecular weight is 448 g/mol. The van der Waals surface area contributed by atoms with E-state index in [9.17, 15) is 18.0 Å². The summed E-state index contributed by atoms with van der Waals surface area (Å²) in [5.74, 6) is 1.30. The quantitative estimate of drug-likeness (QED) is 0.201. The van der Waals surface area contributed by atoms with E-state index >= 15 is 0 Å². The van der Waals surface area contributed by atoms with Crippen molar-refractivity contribution in [2.24, 2.45) is 4.99 Å². The number of nitrogens with zero attached hydrogens (tertiary/aromatic N) is 1. The van der Waals surface area contributed by atoms with Crippen molar-refractivity contribution in [2.75, 3.05) is 7.05 Å². The van der Waals surface area contributed by atoms with Gasteiger partial charge < -0.3 is 0 Å². The first-order valence-electron chi connectivity index (χ1n) is 10.4. The molecule has 1 aliphatic carbocycles. The molecule has 0 fully saturated rings. The van der Waals surface area contributed by atoms with E-state index in [0.717, 1.165) is 11.1 Å². The minimum atomic E-state index is -2.41. The van der Waals surface area contributed by atoms with Gasteiger partial charge in [-0.15, -0.1) is 12.8 Å². The van der Waals surface area contributed by atoms with Crippen molar-refractivity contribution in [1.29, 1.82) is 0 Å². The number of aliphatic imine (C=N–C) groups is 1. The second kappa shape index (κ2) is 17.6. The lowest BCUT2D eigenvalue weighted by Gasteiger charge is -2.11. The molecule has 2 nitrogen and oxygen atoms in total. The highest BCUT2D eigenvalue weighted by molar-refractivity contribution is 6.50. The maximum Gasteiger partial charge on any atom is 0.253 e. The topological polar surface area (TPSA) is 29.4 Å². The molecule has 0 saturated heterocycles. The van der Waals surface area contributed by atoms with E-state index in [0.29, 0.717) is 18.4 Å². The Kier molecular flexibility index (Phi) is 17.1. The number of carbonyl (C=O) groups excluding carboxylic acids is 1. The van der Waals surface area contributed by atoms with Crippen LogP contribution in [0.3, 0.4) is 0 Å². The zero-order valence-electron chi connectivity index (χ0n) is 19.9. The van der Waals surface area contributed by atoms with Crippen molar-refractivity contribution in [2.45, 2.75) is 66.2 Å². The summed E-state index contributed by atoms with van der Waals surface area (Å²) in [5, 5.41) is 0. The molecule has 1 aromatic carbocycles. The van der Waals surface area contributed by atoms with Gasteiger partial charge in [0.25, 0.3) is 5.78 Å². The summed E-state index contributed by atoms with van der Waals surface area (Å²) in [5.41, 5.74) is 3.04.